The van der Waals surface area contributed by atoms with Crippen molar-refractivity contribution in [2.24, 2.45) is 0 Å². The minimum Gasteiger partial charge on any atom is -0.478 e. The highest BCUT2D eigenvalue weighted by Crippen LogP contribution is 2.20. The van der Waals surface area contributed by atoms with Gasteiger partial charge in [0.05, 0.1) is 5.56 Å². The molecular weight excluding hydrogens is 254 g/mol. The van der Waals surface area contributed by atoms with Crippen LogP contribution in [0, 0.1) is 0 Å². The molecule has 0 unspecified atom stereocenters. The number of aromatic carboxylic acids is 1. The minimum absolute atomic E-state index is 0.0203. The molecule has 0 aliphatic heterocycles. The van der Waals surface area contributed by atoms with E-state index in [0.29, 0.717) is 10.6 Å². The zero-order chi connectivity index (χ0) is 13.9. The number of thiol groups is 1. The number of carbonyl (C=O) groups excluding carboxylic acids is 1. The predicted octanol–water partition coefficient (Wildman–Crippen LogP) is 3.02. The third-order valence-electron chi connectivity index (χ3n) is 1.87. The first-order valence-electron chi connectivity index (χ1n) is 5.25. The van der Waals surface area contributed by atoms with E-state index in [4.69, 9.17) is 9.84 Å². The number of carboxylic acids is 1. The summed E-state index contributed by atoms with van der Waals surface area (Å²) in [6.45, 7) is 5.23. The second-order valence-electron chi connectivity index (χ2n) is 4.66. The van der Waals surface area contributed by atoms with E-state index in [0.717, 1.165) is 0 Å². The first-order chi connectivity index (χ1) is 8.19. The number of carboxylic acid groups (broad SMARTS) is 1. The van der Waals surface area contributed by atoms with Gasteiger partial charge in [0.1, 0.15) is 5.60 Å². The van der Waals surface area contributed by atoms with Gasteiger partial charge in [-0.1, -0.05) is 0 Å². The van der Waals surface area contributed by atoms with Crippen molar-refractivity contribution in [3.05, 3.63) is 23.8 Å². The van der Waals surface area contributed by atoms with Crippen molar-refractivity contribution < 1.29 is 19.4 Å². The highest BCUT2D eigenvalue weighted by atomic mass is 32.1. The Hall–Kier alpha value is -1.69. The topological polar surface area (TPSA) is 75.6 Å². The van der Waals surface area contributed by atoms with Gasteiger partial charge in [0.2, 0.25) is 0 Å². The number of carbonyl (C=O) groups is 2. The normalized spacial score (nSPS) is 10.9. The van der Waals surface area contributed by atoms with Gasteiger partial charge in [-0.25, -0.2) is 9.59 Å². The summed E-state index contributed by atoms with van der Waals surface area (Å²) in [6.07, 6.45) is -0.634. The van der Waals surface area contributed by atoms with E-state index >= 15 is 0 Å². The van der Waals surface area contributed by atoms with Crippen LogP contribution < -0.4 is 5.32 Å². The fourth-order valence-corrected chi connectivity index (χ4v) is 1.44. The molecule has 0 aliphatic carbocycles. The number of ether oxygens (including phenoxy) is 1. The summed E-state index contributed by atoms with van der Waals surface area (Å²) < 4.78 is 5.06. The van der Waals surface area contributed by atoms with Gasteiger partial charge in [0.15, 0.2) is 0 Å². The summed E-state index contributed by atoms with van der Waals surface area (Å²) in [5.41, 5.74) is -0.241. The minimum atomic E-state index is -1.10. The van der Waals surface area contributed by atoms with Crippen LogP contribution in [0.5, 0.6) is 0 Å². The van der Waals surface area contributed by atoms with E-state index in [9.17, 15) is 9.59 Å². The average Bonchev–Trinajstić information content (AvgIpc) is 2.17. The smallest absolute Gasteiger partial charge is 0.412 e. The Morgan fingerprint density at radius 3 is 2.44 bits per heavy atom. The van der Waals surface area contributed by atoms with Crippen LogP contribution in [0.4, 0.5) is 10.5 Å². The van der Waals surface area contributed by atoms with Gasteiger partial charge in [0.25, 0.3) is 0 Å². The van der Waals surface area contributed by atoms with E-state index in [1.165, 1.54) is 12.1 Å². The first-order valence-corrected chi connectivity index (χ1v) is 5.70. The molecule has 0 aliphatic rings. The van der Waals surface area contributed by atoms with Crippen molar-refractivity contribution in [2.75, 3.05) is 5.32 Å². The molecule has 0 saturated heterocycles. The molecular formula is C12H15NO4S. The zero-order valence-electron chi connectivity index (χ0n) is 10.4. The maximum absolute atomic E-state index is 11.5. The van der Waals surface area contributed by atoms with Gasteiger partial charge in [-0.2, -0.15) is 0 Å². The molecule has 1 rings (SSSR count). The van der Waals surface area contributed by atoms with Crippen LogP contribution in [-0.4, -0.2) is 22.8 Å². The molecule has 0 bridgehead atoms. The molecule has 0 saturated carbocycles. The fourth-order valence-electron chi connectivity index (χ4n) is 1.21. The molecule has 2 N–H and O–H groups in total. The zero-order valence-corrected chi connectivity index (χ0v) is 11.2. The number of hydrogen-bond acceptors (Lipinski definition) is 4. The fraction of sp³-hybridized carbons (Fsp3) is 0.333. The van der Waals surface area contributed by atoms with Gasteiger partial charge in [0, 0.05) is 10.6 Å². The quantitative estimate of drug-likeness (QED) is 0.721. The van der Waals surface area contributed by atoms with Crippen molar-refractivity contribution in [3.8, 4) is 0 Å². The molecule has 0 fully saturated rings. The second-order valence-corrected chi connectivity index (χ2v) is 5.15. The Labute approximate surface area is 111 Å². The van der Waals surface area contributed by atoms with Crippen LogP contribution in [0.25, 0.3) is 0 Å². The molecule has 6 heteroatoms. The lowest BCUT2D eigenvalue weighted by molar-refractivity contribution is 0.0632. The largest absolute Gasteiger partial charge is 0.478 e. The van der Waals surface area contributed by atoms with Crippen LogP contribution in [-0.2, 0) is 4.74 Å². The summed E-state index contributed by atoms with van der Waals surface area (Å²) in [4.78, 5) is 22.7. The van der Waals surface area contributed by atoms with Crippen LogP contribution in [0.15, 0.2) is 23.1 Å². The summed E-state index contributed by atoms with van der Waals surface area (Å²) in [5.74, 6) is -1.10. The Balaban J connectivity index is 2.83. The van der Waals surface area contributed by atoms with E-state index in [1.54, 1.807) is 26.8 Å². The van der Waals surface area contributed by atoms with Gasteiger partial charge >= 0.3 is 12.1 Å². The predicted molar refractivity (Wildman–Crippen MR) is 70.5 cm³/mol. The van der Waals surface area contributed by atoms with Gasteiger partial charge < -0.3 is 9.84 Å². The lowest BCUT2D eigenvalue weighted by Crippen LogP contribution is -2.27. The highest BCUT2D eigenvalue weighted by Gasteiger charge is 2.17. The van der Waals surface area contributed by atoms with Crippen LogP contribution >= 0.6 is 12.6 Å². The number of amides is 1. The van der Waals surface area contributed by atoms with Crippen LogP contribution in [0.1, 0.15) is 31.1 Å². The Kier molecular flexibility index (Phi) is 4.24. The summed E-state index contributed by atoms with van der Waals surface area (Å²) >= 11 is 4.02. The Bertz CT molecular complexity index is 479. The maximum atomic E-state index is 11.5. The molecule has 5 nitrogen and oxygen atoms in total. The summed E-state index contributed by atoms with van der Waals surface area (Å²) in [6, 6.07) is 4.38. The van der Waals surface area contributed by atoms with Crippen molar-refractivity contribution >= 4 is 30.4 Å². The lowest BCUT2D eigenvalue weighted by Gasteiger charge is -2.19. The molecule has 18 heavy (non-hydrogen) atoms. The molecule has 1 amide bonds. The molecule has 0 atom stereocenters. The van der Waals surface area contributed by atoms with Gasteiger partial charge in [-0.05, 0) is 39.0 Å². The van der Waals surface area contributed by atoms with E-state index < -0.39 is 17.7 Å². The van der Waals surface area contributed by atoms with Gasteiger partial charge in [-0.15, -0.1) is 12.6 Å². The summed E-state index contributed by atoms with van der Waals surface area (Å²) in [7, 11) is 0. The number of anilines is 1. The highest BCUT2D eigenvalue weighted by molar-refractivity contribution is 7.80. The average molecular weight is 269 g/mol. The third-order valence-corrected chi connectivity index (χ3v) is 2.26. The van der Waals surface area contributed by atoms with E-state index in [2.05, 4.69) is 17.9 Å². The standard InChI is InChI=1S/C12H15NO4S/c1-12(2,3)17-11(16)13-7-4-5-9(18)8(6-7)10(14)15/h4-6,18H,1-3H3,(H,13,16)(H,14,15). The first kappa shape index (κ1) is 14.4. The second kappa shape index (κ2) is 5.30. The summed E-state index contributed by atoms with van der Waals surface area (Å²) in [5, 5.41) is 11.4. The molecule has 1 aromatic carbocycles. The number of hydrogen-bond donors (Lipinski definition) is 3. The van der Waals surface area contributed by atoms with Crippen LogP contribution in [0.3, 0.4) is 0 Å². The lowest BCUT2D eigenvalue weighted by atomic mass is 10.2. The van der Waals surface area contributed by atoms with Gasteiger partial charge in [-0.3, -0.25) is 5.32 Å². The monoisotopic (exact) mass is 269 g/mol. The number of nitrogens with one attached hydrogen (secondary N) is 1. The molecule has 0 aromatic heterocycles. The Morgan fingerprint density at radius 1 is 1.33 bits per heavy atom. The van der Waals surface area contributed by atoms with Crippen LogP contribution in [0.2, 0.25) is 0 Å². The third kappa shape index (κ3) is 4.29. The molecule has 1 aromatic rings. The van der Waals surface area contributed by atoms with Crippen molar-refractivity contribution in [2.45, 2.75) is 31.3 Å². The van der Waals surface area contributed by atoms with Crippen molar-refractivity contribution in [3.63, 3.8) is 0 Å². The van der Waals surface area contributed by atoms with Crippen molar-refractivity contribution in [1.82, 2.24) is 0 Å². The molecule has 0 heterocycles. The van der Waals surface area contributed by atoms with Crippen molar-refractivity contribution in [1.29, 1.82) is 0 Å². The van der Waals surface area contributed by atoms with E-state index in [1.807, 2.05) is 0 Å². The maximum Gasteiger partial charge on any atom is 0.412 e. The molecule has 98 valence electrons. The Morgan fingerprint density at radius 2 is 1.94 bits per heavy atom. The SMILES string of the molecule is CC(C)(C)OC(=O)Nc1ccc(S)c(C(=O)O)c1. The molecule has 0 radical (unpaired) electrons. The van der Waals surface area contributed by atoms with E-state index in [-0.39, 0.29) is 5.56 Å². The number of benzene rings is 1. The molecule has 0 spiro atoms. The number of rotatable bonds is 2.